The number of carbonyl (C=O) groups excluding carboxylic acids is 2. The fourth-order valence-corrected chi connectivity index (χ4v) is 3.00. The normalized spacial score (nSPS) is 15.5. The molecule has 1 aliphatic rings. The molecule has 27 heavy (non-hydrogen) atoms. The summed E-state index contributed by atoms with van der Waals surface area (Å²) < 4.78 is 15.4. The molecule has 1 saturated heterocycles. The summed E-state index contributed by atoms with van der Waals surface area (Å²) in [5, 5.41) is 3.86. The summed E-state index contributed by atoms with van der Waals surface area (Å²) in [5.74, 6) is 1.15. The van der Waals surface area contributed by atoms with Crippen molar-refractivity contribution in [3.05, 3.63) is 24.3 Å². The van der Waals surface area contributed by atoms with E-state index in [1.807, 2.05) is 9.80 Å². The maximum Gasteiger partial charge on any atom is 0.320 e. The number of ether oxygens (including phenoxy) is 1. The van der Waals surface area contributed by atoms with Crippen LogP contribution in [0.15, 0.2) is 27.3 Å². The number of furan rings is 1. The van der Waals surface area contributed by atoms with Crippen molar-refractivity contribution < 1.29 is 23.3 Å². The van der Waals surface area contributed by atoms with Gasteiger partial charge in [0.1, 0.15) is 0 Å². The third-order valence-electron chi connectivity index (χ3n) is 4.36. The highest BCUT2D eigenvalue weighted by molar-refractivity contribution is 5.76. The fourth-order valence-electron chi connectivity index (χ4n) is 3.00. The Morgan fingerprint density at radius 3 is 2.93 bits per heavy atom. The first-order valence-corrected chi connectivity index (χ1v) is 9.18. The third kappa shape index (κ3) is 5.40. The van der Waals surface area contributed by atoms with Crippen LogP contribution in [-0.4, -0.2) is 71.1 Å². The number of nitrogens with zero attached hydrogens (tertiary/aromatic N) is 4. The van der Waals surface area contributed by atoms with Crippen LogP contribution in [0.25, 0.3) is 11.6 Å². The van der Waals surface area contributed by atoms with E-state index >= 15 is 0 Å². The molecule has 0 radical (unpaired) electrons. The highest BCUT2D eigenvalue weighted by Crippen LogP contribution is 2.16. The van der Waals surface area contributed by atoms with Gasteiger partial charge in [0.2, 0.25) is 17.6 Å². The average Bonchev–Trinajstić information content (AvgIpc) is 3.29. The lowest BCUT2D eigenvalue weighted by Crippen LogP contribution is -2.37. The van der Waals surface area contributed by atoms with E-state index in [0.717, 1.165) is 13.0 Å². The third-order valence-corrected chi connectivity index (χ3v) is 4.36. The van der Waals surface area contributed by atoms with Crippen molar-refractivity contribution in [2.75, 3.05) is 39.3 Å². The molecule has 0 spiro atoms. The minimum absolute atomic E-state index is 0.0470. The van der Waals surface area contributed by atoms with E-state index < -0.39 is 0 Å². The van der Waals surface area contributed by atoms with Crippen LogP contribution in [0.3, 0.4) is 0 Å². The Morgan fingerprint density at radius 1 is 1.26 bits per heavy atom. The van der Waals surface area contributed by atoms with Crippen LogP contribution < -0.4 is 0 Å². The van der Waals surface area contributed by atoms with Gasteiger partial charge in [-0.1, -0.05) is 5.16 Å². The average molecular weight is 376 g/mol. The number of hydrogen-bond acceptors (Lipinski definition) is 8. The van der Waals surface area contributed by atoms with Crippen LogP contribution in [-0.2, 0) is 20.7 Å². The molecule has 1 amide bonds. The molecule has 0 aromatic carbocycles. The molecule has 1 aliphatic heterocycles. The van der Waals surface area contributed by atoms with Crippen molar-refractivity contribution >= 4 is 11.9 Å². The van der Waals surface area contributed by atoms with Gasteiger partial charge in [-0.15, -0.1) is 0 Å². The summed E-state index contributed by atoms with van der Waals surface area (Å²) in [5.41, 5.74) is 0. The Labute approximate surface area is 157 Å². The highest BCUT2D eigenvalue weighted by atomic mass is 16.5. The summed E-state index contributed by atoms with van der Waals surface area (Å²) in [6, 6.07) is 3.50. The quantitative estimate of drug-likeness (QED) is 0.668. The van der Waals surface area contributed by atoms with E-state index in [2.05, 4.69) is 10.1 Å². The van der Waals surface area contributed by atoms with E-state index in [0.29, 0.717) is 56.6 Å². The van der Waals surface area contributed by atoms with Gasteiger partial charge in [0.25, 0.3) is 0 Å². The van der Waals surface area contributed by atoms with E-state index in [1.165, 1.54) is 0 Å². The monoisotopic (exact) mass is 376 g/mol. The first-order chi connectivity index (χ1) is 13.2. The Kier molecular flexibility index (Phi) is 6.59. The number of amides is 1. The Hall–Kier alpha value is -2.68. The van der Waals surface area contributed by atoms with Crippen molar-refractivity contribution in [3.63, 3.8) is 0 Å². The predicted molar refractivity (Wildman–Crippen MR) is 94.6 cm³/mol. The molecular weight excluding hydrogens is 352 g/mol. The number of esters is 1. The number of aromatic nitrogens is 2. The molecule has 3 rings (SSSR count). The van der Waals surface area contributed by atoms with Crippen molar-refractivity contribution in [2.45, 2.75) is 26.2 Å². The number of carbonyl (C=O) groups is 2. The number of hydrogen-bond donors (Lipinski definition) is 0. The lowest BCUT2D eigenvalue weighted by Gasteiger charge is -2.21. The van der Waals surface area contributed by atoms with Crippen molar-refractivity contribution in [1.82, 2.24) is 19.9 Å². The van der Waals surface area contributed by atoms with Gasteiger partial charge >= 0.3 is 5.97 Å². The molecule has 146 valence electrons. The summed E-state index contributed by atoms with van der Waals surface area (Å²) in [6.45, 7) is 5.16. The standard InChI is InChI=1S/C18H24N4O5/c1-2-25-17(24)13-21-8-4-9-22(11-10-21)16(23)7-6-15-19-18(20-27-15)14-5-3-12-26-14/h3,5,12H,2,4,6-11,13H2,1H3. The van der Waals surface area contributed by atoms with Crippen LogP contribution >= 0.6 is 0 Å². The van der Waals surface area contributed by atoms with Crippen molar-refractivity contribution in [1.29, 1.82) is 0 Å². The van der Waals surface area contributed by atoms with E-state index in [9.17, 15) is 9.59 Å². The van der Waals surface area contributed by atoms with Gasteiger partial charge < -0.3 is 18.6 Å². The Bertz CT molecular complexity index is 743. The molecule has 2 aromatic heterocycles. The van der Waals surface area contributed by atoms with Gasteiger partial charge in [0.15, 0.2) is 5.76 Å². The summed E-state index contributed by atoms with van der Waals surface area (Å²) in [4.78, 5) is 32.2. The minimum atomic E-state index is -0.221. The number of aryl methyl sites for hydroxylation is 1. The summed E-state index contributed by atoms with van der Waals surface area (Å²) in [6.07, 6.45) is 3.06. The zero-order valence-electron chi connectivity index (χ0n) is 15.4. The maximum atomic E-state index is 12.5. The lowest BCUT2D eigenvalue weighted by molar-refractivity contribution is -0.144. The maximum absolute atomic E-state index is 12.5. The number of rotatable bonds is 7. The molecule has 1 fully saturated rings. The topological polar surface area (TPSA) is 102 Å². The first-order valence-electron chi connectivity index (χ1n) is 9.18. The van der Waals surface area contributed by atoms with Gasteiger partial charge in [0, 0.05) is 39.0 Å². The van der Waals surface area contributed by atoms with Gasteiger partial charge in [-0.2, -0.15) is 4.98 Å². The lowest BCUT2D eigenvalue weighted by atomic mass is 10.2. The van der Waals surface area contributed by atoms with Crippen LogP contribution in [0.4, 0.5) is 0 Å². The van der Waals surface area contributed by atoms with Crippen molar-refractivity contribution in [2.24, 2.45) is 0 Å². The molecule has 2 aromatic rings. The molecule has 0 N–H and O–H groups in total. The van der Waals surface area contributed by atoms with Crippen molar-refractivity contribution in [3.8, 4) is 11.6 Å². The van der Waals surface area contributed by atoms with Gasteiger partial charge in [-0.25, -0.2) is 0 Å². The van der Waals surface area contributed by atoms with Crippen LogP contribution in [0.2, 0.25) is 0 Å². The second-order valence-electron chi connectivity index (χ2n) is 6.30. The molecule has 0 unspecified atom stereocenters. The second-order valence-corrected chi connectivity index (χ2v) is 6.30. The molecule has 0 bridgehead atoms. The SMILES string of the molecule is CCOC(=O)CN1CCCN(C(=O)CCc2nc(-c3ccco3)no2)CC1. The van der Waals surface area contributed by atoms with E-state index in [-0.39, 0.29) is 18.4 Å². The molecule has 9 heteroatoms. The second kappa shape index (κ2) is 9.31. The van der Waals surface area contributed by atoms with Crippen LogP contribution in [0.5, 0.6) is 0 Å². The van der Waals surface area contributed by atoms with Gasteiger partial charge in [0.05, 0.1) is 19.4 Å². The van der Waals surface area contributed by atoms with Gasteiger partial charge in [-0.05, 0) is 25.5 Å². The highest BCUT2D eigenvalue weighted by Gasteiger charge is 2.21. The van der Waals surface area contributed by atoms with Gasteiger partial charge in [-0.3, -0.25) is 14.5 Å². The molecule has 9 nitrogen and oxygen atoms in total. The van der Waals surface area contributed by atoms with Crippen LogP contribution in [0.1, 0.15) is 25.7 Å². The largest absolute Gasteiger partial charge is 0.465 e. The van der Waals surface area contributed by atoms with E-state index in [4.69, 9.17) is 13.7 Å². The Morgan fingerprint density at radius 2 is 2.15 bits per heavy atom. The molecule has 3 heterocycles. The molecular formula is C18H24N4O5. The van der Waals surface area contributed by atoms with Crippen LogP contribution in [0, 0.1) is 0 Å². The molecule has 0 atom stereocenters. The zero-order valence-corrected chi connectivity index (χ0v) is 15.4. The Balaban J connectivity index is 1.45. The predicted octanol–water partition coefficient (Wildman–Crippen LogP) is 1.36. The molecule has 0 saturated carbocycles. The smallest absolute Gasteiger partial charge is 0.320 e. The molecule has 0 aliphatic carbocycles. The summed E-state index contributed by atoms with van der Waals surface area (Å²) >= 11 is 0. The zero-order chi connectivity index (χ0) is 19.1. The first kappa shape index (κ1) is 19.1. The minimum Gasteiger partial charge on any atom is -0.465 e. The van der Waals surface area contributed by atoms with E-state index in [1.54, 1.807) is 25.3 Å². The fraction of sp³-hybridized carbons (Fsp3) is 0.556. The summed E-state index contributed by atoms with van der Waals surface area (Å²) in [7, 11) is 0.